The van der Waals surface area contributed by atoms with Gasteiger partial charge in [0.25, 0.3) is 0 Å². The lowest BCUT2D eigenvalue weighted by Gasteiger charge is -2.26. The molecule has 1 heterocycles. The minimum atomic E-state index is -0.644. The number of carbonyl (C=O) groups is 1. The first-order chi connectivity index (χ1) is 8.77. The van der Waals surface area contributed by atoms with Crippen LogP contribution >= 0.6 is 11.6 Å². The largest absolute Gasteiger partial charge is 0.273 e. The van der Waals surface area contributed by atoms with Crippen molar-refractivity contribution in [1.29, 1.82) is 5.26 Å². The van der Waals surface area contributed by atoms with Gasteiger partial charge in [-0.25, -0.2) is 5.01 Å². The molecule has 5 heteroatoms. The van der Waals surface area contributed by atoms with Gasteiger partial charge in [0.15, 0.2) is 6.04 Å². The van der Waals surface area contributed by atoms with E-state index in [1.165, 1.54) is 5.01 Å². The maximum absolute atomic E-state index is 11.9. The summed E-state index contributed by atoms with van der Waals surface area (Å²) in [7, 11) is 0. The van der Waals surface area contributed by atoms with E-state index in [9.17, 15) is 10.1 Å². The van der Waals surface area contributed by atoms with Gasteiger partial charge < -0.3 is 0 Å². The van der Waals surface area contributed by atoms with E-state index in [1.54, 1.807) is 6.21 Å². The molecule has 18 heavy (non-hydrogen) atoms. The van der Waals surface area contributed by atoms with E-state index in [1.807, 2.05) is 24.3 Å². The first-order valence-corrected chi connectivity index (χ1v) is 6.22. The molecule has 0 aromatic heterocycles. The smallest absolute Gasteiger partial charge is 0.244 e. The van der Waals surface area contributed by atoms with Crippen LogP contribution in [-0.2, 0) is 4.79 Å². The molecule has 0 saturated carbocycles. The fourth-order valence-corrected chi connectivity index (χ4v) is 2.00. The number of fused-ring (bicyclic) bond motifs is 1. The second-order valence-electron chi connectivity index (χ2n) is 3.94. The summed E-state index contributed by atoms with van der Waals surface area (Å²) in [5.74, 6) is 0.254. The molecule has 0 N–H and O–H groups in total. The number of amides is 1. The van der Waals surface area contributed by atoms with E-state index in [-0.39, 0.29) is 5.91 Å². The van der Waals surface area contributed by atoms with Crippen molar-refractivity contribution in [1.82, 2.24) is 5.01 Å². The van der Waals surface area contributed by atoms with Crippen LogP contribution in [0, 0.1) is 11.3 Å². The minimum Gasteiger partial charge on any atom is -0.273 e. The number of hydrogen-bond acceptors (Lipinski definition) is 3. The molecule has 1 aromatic rings. The van der Waals surface area contributed by atoms with Gasteiger partial charge in [-0.15, -0.1) is 11.6 Å². The summed E-state index contributed by atoms with van der Waals surface area (Å²) in [6.45, 7) is 0. The molecule has 0 aliphatic carbocycles. The number of carbonyl (C=O) groups excluding carboxylic acids is 1. The molecule has 0 bridgehead atoms. The van der Waals surface area contributed by atoms with Gasteiger partial charge in [-0.05, 0) is 12.0 Å². The van der Waals surface area contributed by atoms with E-state index in [2.05, 4.69) is 11.2 Å². The SMILES string of the molecule is N#CC1c2ccccc2C=NN1C(=O)CCCCl. The predicted molar refractivity (Wildman–Crippen MR) is 69.2 cm³/mol. The molecule has 1 aliphatic rings. The Labute approximate surface area is 110 Å². The Balaban J connectivity index is 2.26. The number of alkyl halides is 1. The first-order valence-electron chi connectivity index (χ1n) is 5.68. The van der Waals surface area contributed by atoms with Crippen LogP contribution in [0.15, 0.2) is 29.4 Å². The average Bonchev–Trinajstić information content (AvgIpc) is 2.43. The second-order valence-corrected chi connectivity index (χ2v) is 4.31. The third-order valence-electron chi connectivity index (χ3n) is 2.76. The van der Waals surface area contributed by atoms with Gasteiger partial charge in [-0.3, -0.25) is 4.79 Å². The van der Waals surface area contributed by atoms with E-state index in [0.717, 1.165) is 11.1 Å². The molecule has 0 fully saturated rings. The molecule has 1 unspecified atom stereocenters. The van der Waals surface area contributed by atoms with E-state index in [0.29, 0.717) is 18.7 Å². The van der Waals surface area contributed by atoms with Crippen LogP contribution < -0.4 is 0 Å². The maximum Gasteiger partial charge on any atom is 0.244 e. The van der Waals surface area contributed by atoms with Crippen LogP contribution in [-0.4, -0.2) is 23.0 Å². The number of hydrogen-bond donors (Lipinski definition) is 0. The highest BCUT2D eigenvalue weighted by Gasteiger charge is 2.28. The standard InChI is InChI=1S/C13H12ClN3O/c14-7-3-6-13(18)17-12(8-15)11-5-2-1-4-10(11)9-16-17/h1-2,4-5,9,12H,3,6-7H2. The number of nitrogens with zero attached hydrogens (tertiary/aromatic N) is 3. The number of nitriles is 1. The topological polar surface area (TPSA) is 56.5 Å². The summed E-state index contributed by atoms with van der Waals surface area (Å²) >= 11 is 5.56. The molecule has 1 atom stereocenters. The molecule has 1 aliphatic heterocycles. The summed E-state index contributed by atoms with van der Waals surface area (Å²) < 4.78 is 0. The molecule has 1 aromatic carbocycles. The van der Waals surface area contributed by atoms with Crippen molar-refractivity contribution in [2.45, 2.75) is 18.9 Å². The van der Waals surface area contributed by atoms with E-state index in [4.69, 9.17) is 11.6 Å². The zero-order valence-electron chi connectivity index (χ0n) is 9.71. The Morgan fingerprint density at radius 1 is 1.50 bits per heavy atom. The van der Waals surface area contributed by atoms with Crippen molar-refractivity contribution in [3.8, 4) is 6.07 Å². The Kier molecular flexibility index (Phi) is 3.96. The summed E-state index contributed by atoms with van der Waals surface area (Å²) in [6, 6.07) is 8.93. The van der Waals surface area contributed by atoms with Crippen LogP contribution in [0.2, 0.25) is 0 Å². The Hall–Kier alpha value is -1.86. The number of hydrazone groups is 1. The monoisotopic (exact) mass is 261 g/mol. The summed E-state index contributed by atoms with van der Waals surface area (Å²) in [5.41, 5.74) is 1.69. The Morgan fingerprint density at radius 2 is 2.28 bits per heavy atom. The van der Waals surface area contributed by atoms with E-state index < -0.39 is 6.04 Å². The van der Waals surface area contributed by atoms with Crippen molar-refractivity contribution in [3.05, 3.63) is 35.4 Å². The zero-order chi connectivity index (χ0) is 13.0. The second kappa shape index (κ2) is 5.65. The molecule has 92 valence electrons. The zero-order valence-corrected chi connectivity index (χ0v) is 10.5. The summed E-state index contributed by atoms with van der Waals surface area (Å²) in [6.07, 6.45) is 2.51. The van der Waals surface area contributed by atoms with Crippen molar-refractivity contribution in [2.75, 3.05) is 5.88 Å². The quantitative estimate of drug-likeness (QED) is 0.785. The summed E-state index contributed by atoms with van der Waals surface area (Å²) in [5, 5.41) is 14.6. The van der Waals surface area contributed by atoms with Crippen molar-refractivity contribution in [2.24, 2.45) is 5.10 Å². The van der Waals surface area contributed by atoms with Crippen molar-refractivity contribution < 1.29 is 4.79 Å². The van der Waals surface area contributed by atoms with Crippen LogP contribution in [0.3, 0.4) is 0 Å². The van der Waals surface area contributed by atoms with Gasteiger partial charge in [-0.2, -0.15) is 10.4 Å². The third-order valence-corrected chi connectivity index (χ3v) is 3.03. The van der Waals surface area contributed by atoms with Gasteiger partial charge in [-0.1, -0.05) is 24.3 Å². The number of benzene rings is 1. The summed E-state index contributed by atoms with van der Waals surface area (Å²) in [4.78, 5) is 11.9. The molecule has 0 spiro atoms. The predicted octanol–water partition coefficient (Wildman–Crippen LogP) is 2.45. The lowest BCUT2D eigenvalue weighted by atomic mass is 10.00. The van der Waals surface area contributed by atoms with Gasteiger partial charge in [0.2, 0.25) is 5.91 Å². The lowest BCUT2D eigenvalue weighted by Crippen LogP contribution is -2.32. The fourth-order valence-electron chi connectivity index (χ4n) is 1.87. The Morgan fingerprint density at radius 3 is 3.00 bits per heavy atom. The third kappa shape index (κ3) is 2.36. The highest BCUT2D eigenvalue weighted by Crippen LogP contribution is 2.27. The van der Waals surface area contributed by atoms with Crippen LogP contribution in [0.1, 0.15) is 30.0 Å². The van der Waals surface area contributed by atoms with Crippen LogP contribution in [0.4, 0.5) is 0 Å². The van der Waals surface area contributed by atoms with Crippen molar-refractivity contribution in [3.63, 3.8) is 0 Å². The first kappa shape index (κ1) is 12.6. The van der Waals surface area contributed by atoms with Crippen LogP contribution in [0.5, 0.6) is 0 Å². The molecular formula is C13H12ClN3O. The van der Waals surface area contributed by atoms with Gasteiger partial charge in [0.1, 0.15) is 0 Å². The Bertz CT molecular complexity index is 521. The van der Waals surface area contributed by atoms with Crippen LogP contribution in [0.25, 0.3) is 0 Å². The molecule has 0 saturated heterocycles. The van der Waals surface area contributed by atoms with Gasteiger partial charge >= 0.3 is 0 Å². The minimum absolute atomic E-state index is 0.173. The fraction of sp³-hybridized carbons (Fsp3) is 0.308. The highest BCUT2D eigenvalue weighted by molar-refractivity contribution is 6.17. The molecule has 0 radical (unpaired) electrons. The molecular weight excluding hydrogens is 250 g/mol. The number of halogens is 1. The number of rotatable bonds is 3. The van der Waals surface area contributed by atoms with Crippen molar-refractivity contribution >= 4 is 23.7 Å². The highest BCUT2D eigenvalue weighted by atomic mass is 35.5. The van der Waals surface area contributed by atoms with Gasteiger partial charge in [0, 0.05) is 17.9 Å². The molecule has 2 rings (SSSR count). The normalized spacial score (nSPS) is 17.1. The molecule has 4 nitrogen and oxygen atoms in total. The van der Waals surface area contributed by atoms with E-state index >= 15 is 0 Å². The lowest BCUT2D eigenvalue weighted by molar-refractivity contribution is -0.132. The average molecular weight is 262 g/mol. The maximum atomic E-state index is 11.9. The molecule has 1 amide bonds. The van der Waals surface area contributed by atoms with Gasteiger partial charge in [0.05, 0.1) is 12.3 Å².